The predicted molar refractivity (Wildman–Crippen MR) is 89.5 cm³/mol. The minimum atomic E-state index is 0.279. The van der Waals surface area contributed by atoms with Gasteiger partial charge in [0.1, 0.15) is 5.75 Å². The largest absolute Gasteiger partial charge is 0.508 e. The molecule has 0 saturated carbocycles. The molecule has 2 aromatic carbocycles. The first-order chi connectivity index (χ1) is 10.1. The zero-order valence-electron chi connectivity index (χ0n) is 12.1. The number of benzene rings is 2. The second-order valence-electron chi connectivity index (χ2n) is 5.77. The Morgan fingerprint density at radius 1 is 1.24 bits per heavy atom. The van der Waals surface area contributed by atoms with E-state index in [1.807, 2.05) is 12.1 Å². The summed E-state index contributed by atoms with van der Waals surface area (Å²) in [5.41, 5.74) is 3.89. The lowest BCUT2D eigenvalue weighted by Gasteiger charge is -2.29. The molecule has 0 radical (unpaired) electrons. The Morgan fingerprint density at radius 3 is 2.90 bits per heavy atom. The van der Waals surface area contributed by atoms with Crippen LogP contribution in [0.3, 0.4) is 0 Å². The van der Waals surface area contributed by atoms with Crippen molar-refractivity contribution in [3.8, 4) is 5.75 Å². The van der Waals surface area contributed by atoms with Crippen molar-refractivity contribution >= 4 is 15.9 Å². The van der Waals surface area contributed by atoms with E-state index in [1.54, 1.807) is 6.07 Å². The molecule has 2 N–H and O–H groups in total. The zero-order chi connectivity index (χ0) is 14.8. The first-order valence-electron chi connectivity index (χ1n) is 7.47. The molecular weight excluding hydrogens is 326 g/mol. The molecule has 1 aliphatic rings. The number of halogens is 1. The minimum absolute atomic E-state index is 0.279. The van der Waals surface area contributed by atoms with Crippen LogP contribution in [0.2, 0.25) is 0 Å². The van der Waals surface area contributed by atoms with Crippen molar-refractivity contribution in [2.45, 2.75) is 38.3 Å². The summed E-state index contributed by atoms with van der Waals surface area (Å²) in [5.74, 6) is 0.359. The molecule has 0 aliphatic heterocycles. The van der Waals surface area contributed by atoms with Crippen molar-refractivity contribution in [1.82, 2.24) is 5.32 Å². The number of hydrogen-bond acceptors (Lipinski definition) is 2. The van der Waals surface area contributed by atoms with Crippen LogP contribution >= 0.6 is 15.9 Å². The van der Waals surface area contributed by atoms with Crippen molar-refractivity contribution < 1.29 is 5.11 Å². The van der Waals surface area contributed by atoms with Crippen LogP contribution in [0.15, 0.2) is 46.9 Å². The lowest BCUT2D eigenvalue weighted by Crippen LogP contribution is -2.27. The number of rotatable bonds is 3. The molecule has 2 aromatic rings. The molecule has 0 bridgehead atoms. The van der Waals surface area contributed by atoms with E-state index in [2.05, 4.69) is 52.4 Å². The third kappa shape index (κ3) is 3.30. The van der Waals surface area contributed by atoms with E-state index in [0.717, 1.165) is 17.3 Å². The maximum absolute atomic E-state index is 9.76. The molecule has 3 rings (SSSR count). The van der Waals surface area contributed by atoms with Crippen LogP contribution in [0.1, 0.15) is 48.5 Å². The first kappa shape index (κ1) is 14.6. The fourth-order valence-corrected chi connectivity index (χ4v) is 3.55. The van der Waals surface area contributed by atoms with Crippen LogP contribution in [0, 0.1) is 0 Å². The van der Waals surface area contributed by atoms with Gasteiger partial charge < -0.3 is 10.4 Å². The standard InChI is InChI=1S/C18H20BrNO/c1-12(14-5-2-6-15(19)10-14)20-18-7-3-4-13-8-9-16(21)11-17(13)18/h2,5-6,8-12,18,20-21H,3-4,7H2,1H3/t12-,18?/m0/s1. The average Bonchev–Trinajstić information content (AvgIpc) is 2.48. The molecule has 2 atom stereocenters. The minimum Gasteiger partial charge on any atom is -0.508 e. The summed E-state index contributed by atoms with van der Waals surface area (Å²) in [6, 6.07) is 14.8. The normalized spacial score (nSPS) is 19.0. The van der Waals surface area contributed by atoms with E-state index in [-0.39, 0.29) is 6.04 Å². The van der Waals surface area contributed by atoms with E-state index in [9.17, 15) is 5.11 Å². The van der Waals surface area contributed by atoms with Gasteiger partial charge in [0.25, 0.3) is 0 Å². The first-order valence-corrected chi connectivity index (χ1v) is 8.26. The molecule has 1 unspecified atom stereocenters. The van der Waals surface area contributed by atoms with Gasteiger partial charge >= 0.3 is 0 Å². The van der Waals surface area contributed by atoms with Crippen LogP contribution in [0.25, 0.3) is 0 Å². The Bertz CT molecular complexity index is 641. The Kier molecular flexibility index (Phi) is 4.32. The van der Waals surface area contributed by atoms with E-state index in [4.69, 9.17) is 0 Å². The molecule has 0 saturated heterocycles. The van der Waals surface area contributed by atoms with Crippen LogP contribution < -0.4 is 5.32 Å². The number of fused-ring (bicyclic) bond motifs is 1. The van der Waals surface area contributed by atoms with Gasteiger partial charge in [-0.3, -0.25) is 0 Å². The summed E-state index contributed by atoms with van der Waals surface area (Å²) in [7, 11) is 0. The van der Waals surface area contributed by atoms with Crippen LogP contribution in [-0.4, -0.2) is 5.11 Å². The third-order valence-corrected chi connectivity index (χ3v) is 4.74. The molecule has 21 heavy (non-hydrogen) atoms. The number of aromatic hydroxyl groups is 1. The molecule has 0 spiro atoms. The second kappa shape index (κ2) is 6.20. The SMILES string of the molecule is C[C@H](NC1CCCc2ccc(O)cc21)c1cccc(Br)c1. The monoisotopic (exact) mass is 345 g/mol. The lowest BCUT2D eigenvalue weighted by molar-refractivity contribution is 0.410. The second-order valence-corrected chi connectivity index (χ2v) is 6.69. The van der Waals surface area contributed by atoms with Gasteiger partial charge in [0.15, 0.2) is 0 Å². The summed E-state index contributed by atoms with van der Waals surface area (Å²) in [6.07, 6.45) is 3.43. The Balaban J connectivity index is 1.81. The van der Waals surface area contributed by atoms with Crippen LogP contribution in [-0.2, 0) is 6.42 Å². The fraction of sp³-hybridized carbons (Fsp3) is 0.333. The molecule has 110 valence electrons. The predicted octanol–water partition coefficient (Wildman–Crippen LogP) is 4.88. The number of aryl methyl sites for hydroxylation is 1. The van der Waals surface area contributed by atoms with E-state index >= 15 is 0 Å². The third-order valence-electron chi connectivity index (χ3n) is 4.24. The molecular formula is C18H20BrNO. The summed E-state index contributed by atoms with van der Waals surface area (Å²) in [5, 5.41) is 13.5. The number of phenols is 1. The zero-order valence-corrected chi connectivity index (χ0v) is 13.7. The summed E-state index contributed by atoms with van der Waals surface area (Å²) >= 11 is 3.53. The number of hydrogen-bond donors (Lipinski definition) is 2. The van der Waals surface area contributed by atoms with Crippen molar-refractivity contribution in [2.75, 3.05) is 0 Å². The molecule has 1 aliphatic carbocycles. The molecule has 3 heteroatoms. The number of nitrogens with one attached hydrogen (secondary N) is 1. The highest BCUT2D eigenvalue weighted by molar-refractivity contribution is 9.10. The Labute approximate surface area is 134 Å². The quantitative estimate of drug-likeness (QED) is 0.830. The van der Waals surface area contributed by atoms with E-state index in [0.29, 0.717) is 11.8 Å². The Morgan fingerprint density at radius 2 is 2.10 bits per heavy atom. The lowest BCUT2D eigenvalue weighted by atomic mass is 9.87. The maximum Gasteiger partial charge on any atom is 0.115 e. The van der Waals surface area contributed by atoms with Gasteiger partial charge in [0.05, 0.1) is 0 Å². The molecule has 2 nitrogen and oxygen atoms in total. The van der Waals surface area contributed by atoms with Crippen molar-refractivity contribution in [1.29, 1.82) is 0 Å². The van der Waals surface area contributed by atoms with Crippen molar-refractivity contribution in [2.24, 2.45) is 0 Å². The van der Waals surface area contributed by atoms with E-state index in [1.165, 1.54) is 23.1 Å². The van der Waals surface area contributed by atoms with Crippen molar-refractivity contribution in [3.63, 3.8) is 0 Å². The maximum atomic E-state index is 9.76. The van der Waals surface area contributed by atoms with E-state index < -0.39 is 0 Å². The average molecular weight is 346 g/mol. The van der Waals surface area contributed by atoms with Gasteiger partial charge in [-0.05, 0) is 67.1 Å². The van der Waals surface area contributed by atoms with Gasteiger partial charge in [-0.2, -0.15) is 0 Å². The van der Waals surface area contributed by atoms with Gasteiger partial charge in [-0.1, -0.05) is 34.1 Å². The molecule has 0 fully saturated rings. The smallest absolute Gasteiger partial charge is 0.115 e. The van der Waals surface area contributed by atoms with Gasteiger partial charge in [-0.25, -0.2) is 0 Å². The van der Waals surface area contributed by atoms with Crippen LogP contribution in [0.5, 0.6) is 5.75 Å². The van der Waals surface area contributed by atoms with Gasteiger partial charge in [-0.15, -0.1) is 0 Å². The topological polar surface area (TPSA) is 32.3 Å². The Hall–Kier alpha value is -1.32. The number of phenolic OH excluding ortho intramolecular Hbond substituents is 1. The molecule has 0 heterocycles. The summed E-state index contributed by atoms with van der Waals surface area (Å²) in [6.45, 7) is 2.19. The fourth-order valence-electron chi connectivity index (χ4n) is 3.13. The van der Waals surface area contributed by atoms with Crippen molar-refractivity contribution in [3.05, 3.63) is 63.6 Å². The van der Waals surface area contributed by atoms with Gasteiger partial charge in [0.2, 0.25) is 0 Å². The molecule has 0 amide bonds. The van der Waals surface area contributed by atoms with Gasteiger partial charge in [0, 0.05) is 16.6 Å². The summed E-state index contributed by atoms with van der Waals surface area (Å²) < 4.78 is 1.11. The highest BCUT2D eigenvalue weighted by atomic mass is 79.9. The van der Waals surface area contributed by atoms with Crippen LogP contribution in [0.4, 0.5) is 0 Å². The highest BCUT2D eigenvalue weighted by Crippen LogP contribution is 2.34. The molecule has 0 aromatic heterocycles. The summed E-state index contributed by atoms with van der Waals surface area (Å²) in [4.78, 5) is 0. The highest BCUT2D eigenvalue weighted by Gasteiger charge is 2.22.